The minimum Gasteiger partial charge on any atom is -0.0622 e. The summed E-state index contributed by atoms with van der Waals surface area (Å²) in [6.45, 7) is 0. The second-order valence-electron chi connectivity index (χ2n) is 13.3. The molecule has 0 radical (unpaired) electrons. The highest BCUT2D eigenvalue weighted by atomic mass is 31.1. The monoisotopic (exact) mass is 664 g/mol. The molecule has 0 amide bonds. The summed E-state index contributed by atoms with van der Waals surface area (Å²) in [5.41, 5.74) is 12.8. The van der Waals surface area contributed by atoms with Gasteiger partial charge in [0.15, 0.2) is 0 Å². The number of hydrogen-bond acceptors (Lipinski definition) is 0. The van der Waals surface area contributed by atoms with Gasteiger partial charge in [-0.3, -0.25) is 0 Å². The van der Waals surface area contributed by atoms with Crippen LogP contribution >= 0.6 is 7.92 Å². The average molecular weight is 665 g/mol. The molecule has 0 N–H and O–H groups in total. The Morgan fingerprint density at radius 2 is 0.745 bits per heavy atom. The van der Waals surface area contributed by atoms with Crippen molar-refractivity contribution in [2.24, 2.45) is 0 Å². The largest absolute Gasteiger partial charge is 0.0622 e. The molecule has 0 spiro atoms. The third-order valence-electron chi connectivity index (χ3n) is 10.4. The summed E-state index contributed by atoms with van der Waals surface area (Å²) in [7, 11) is -0.815. The van der Waals surface area contributed by atoms with Gasteiger partial charge in [-0.15, -0.1) is 0 Å². The van der Waals surface area contributed by atoms with Crippen molar-refractivity contribution in [3.63, 3.8) is 0 Å². The van der Waals surface area contributed by atoms with E-state index in [2.05, 4.69) is 200 Å². The Morgan fingerprint density at radius 1 is 0.255 bits per heavy atom. The predicted molar refractivity (Wildman–Crippen MR) is 221 cm³/mol. The number of hydrogen-bond donors (Lipinski definition) is 0. The first-order valence-corrected chi connectivity index (χ1v) is 18.9. The Bertz CT molecular complexity index is 2640. The maximum Gasteiger partial charge on any atom is -0.00199 e. The lowest BCUT2D eigenvalue weighted by Gasteiger charge is -2.21. The summed E-state index contributed by atoms with van der Waals surface area (Å²) < 4.78 is 0. The van der Waals surface area contributed by atoms with E-state index in [1.165, 1.54) is 93.1 Å². The molecule has 0 bridgehead atoms. The molecule has 1 aliphatic rings. The van der Waals surface area contributed by atoms with Gasteiger partial charge < -0.3 is 0 Å². The van der Waals surface area contributed by atoms with Gasteiger partial charge in [-0.2, -0.15) is 0 Å². The van der Waals surface area contributed by atoms with Crippen LogP contribution in [0.5, 0.6) is 0 Å². The van der Waals surface area contributed by atoms with E-state index in [9.17, 15) is 0 Å². The maximum absolute atomic E-state index is 2.39. The van der Waals surface area contributed by atoms with E-state index >= 15 is 0 Å². The van der Waals surface area contributed by atoms with Gasteiger partial charge in [0.1, 0.15) is 0 Å². The van der Waals surface area contributed by atoms with Crippen molar-refractivity contribution in [3.8, 4) is 55.6 Å². The highest BCUT2D eigenvalue weighted by molar-refractivity contribution is 7.79. The fourth-order valence-corrected chi connectivity index (χ4v) is 10.3. The van der Waals surface area contributed by atoms with E-state index in [0.717, 1.165) is 0 Å². The molecule has 0 aromatic heterocycles. The van der Waals surface area contributed by atoms with Crippen LogP contribution in [0.15, 0.2) is 200 Å². The zero-order valence-corrected chi connectivity index (χ0v) is 28.9. The van der Waals surface area contributed by atoms with Crippen molar-refractivity contribution in [1.82, 2.24) is 0 Å². The molecule has 1 aliphatic carbocycles. The number of rotatable bonds is 6. The Morgan fingerprint density at radius 3 is 1.39 bits per heavy atom. The lowest BCUT2D eigenvalue weighted by atomic mass is 9.94. The molecule has 0 saturated carbocycles. The molecule has 0 unspecified atom stereocenters. The molecule has 9 aromatic carbocycles. The summed E-state index contributed by atoms with van der Waals surface area (Å²) in [6.07, 6.45) is 0. The smallest absolute Gasteiger partial charge is 0.00199 e. The van der Waals surface area contributed by atoms with Gasteiger partial charge in [0.2, 0.25) is 0 Å². The number of benzene rings is 9. The van der Waals surface area contributed by atoms with Gasteiger partial charge in [-0.1, -0.05) is 176 Å². The molecule has 0 atom stereocenters. The molecular formula is C50H33P. The Kier molecular flexibility index (Phi) is 7.23. The van der Waals surface area contributed by atoms with Crippen molar-refractivity contribution in [2.45, 2.75) is 0 Å². The molecule has 0 nitrogen and oxygen atoms in total. The highest BCUT2D eigenvalue weighted by Crippen LogP contribution is 2.49. The molecule has 0 aliphatic heterocycles. The predicted octanol–water partition coefficient (Wildman–Crippen LogP) is 12.4. The fraction of sp³-hybridized carbons (Fsp3) is 0. The molecule has 0 fully saturated rings. The van der Waals surface area contributed by atoms with E-state index < -0.39 is 7.92 Å². The van der Waals surface area contributed by atoms with Crippen molar-refractivity contribution >= 4 is 45.4 Å². The third kappa shape index (κ3) is 5.20. The van der Waals surface area contributed by atoms with Gasteiger partial charge in [0.25, 0.3) is 0 Å². The van der Waals surface area contributed by atoms with Crippen molar-refractivity contribution in [3.05, 3.63) is 200 Å². The van der Waals surface area contributed by atoms with E-state index in [1.807, 2.05) is 0 Å². The molecule has 0 saturated heterocycles. The van der Waals surface area contributed by atoms with Crippen LogP contribution in [0.1, 0.15) is 0 Å². The molecule has 10 rings (SSSR count). The standard InChI is InChI=1S/C50H33P/c1-3-12-34(13-4-1)37-16-9-18-42(30-37)51(43-19-10-17-38(31-43)35-14-5-2-6-15-35)41-28-26-36(27-29-41)39-24-25-40-33-49-45-21-8-7-20-44(45)46-22-11-23-47(50(46)49)48(40)32-39/h1-33H. The van der Waals surface area contributed by atoms with E-state index in [4.69, 9.17) is 0 Å². The Hall–Kier alpha value is -6.07. The van der Waals surface area contributed by atoms with Gasteiger partial charge in [0, 0.05) is 0 Å². The zero-order chi connectivity index (χ0) is 33.7. The van der Waals surface area contributed by atoms with Gasteiger partial charge in [-0.25, -0.2) is 0 Å². The fourth-order valence-electron chi connectivity index (χ4n) is 7.94. The van der Waals surface area contributed by atoms with E-state index in [0.29, 0.717) is 0 Å². The number of fused-ring (bicyclic) bond motifs is 5. The second kappa shape index (κ2) is 12.4. The van der Waals surface area contributed by atoms with Crippen LogP contribution in [0.2, 0.25) is 0 Å². The highest BCUT2D eigenvalue weighted by Gasteiger charge is 2.23. The first-order valence-electron chi connectivity index (χ1n) is 17.6. The minimum atomic E-state index is -0.815. The third-order valence-corrected chi connectivity index (χ3v) is 12.8. The van der Waals surface area contributed by atoms with Crippen LogP contribution in [-0.2, 0) is 0 Å². The van der Waals surface area contributed by atoms with Crippen molar-refractivity contribution < 1.29 is 0 Å². The average Bonchev–Trinajstić information content (AvgIpc) is 3.53. The SMILES string of the molecule is c1ccc(-c2cccc(P(c3ccc(-c4ccc5cc6c7c(cccc7c5c4)-c4ccccc4-6)cc3)c3cccc(-c4ccccc4)c3)c2)cc1. The quantitative estimate of drug-likeness (QED) is 0.123. The van der Waals surface area contributed by atoms with Gasteiger partial charge >= 0.3 is 0 Å². The van der Waals surface area contributed by atoms with Gasteiger partial charge in [-0.05, 0) is 125 Å². The first-order chi connectivity index (χ1) is 25.3. The minimum absolute atomic E-state index is 0.815. The molecule has 1 heteroatoms. The molecule has 0 heterocycles. The van der Waals surface area contributed by atoms with Crippen LogP contribution in [0.3, 0.4) is 0 Å². The van der Waals surface area contributed by atoms with Crippen LogP contribution in [-0.4, -0.2) is 0 Å². The molecular weight excluding hydrogens is 632 g/mol. The van der Waals surface area contributed by atoms with E-state index in [1.54, 1.807) is 0 Å². The van der Waals surface area contributed by atoms with Crippen LogP contribution in [0, 0.1) is 0 Å². The summed E-state index contributed by atoms with van der Waals surface area (Å²) in [4.78, 5) is 0. The lowest BCUT2D eigenvalue weighted by Crippen LogP contribution is -2.21. The van der Waals surface area contributed by atoms with Crippen LogP contribution in [0.4, 0.5) is 0 Å². The normalized spacial score (nSPS) is 11.7. The summed E-state index contributed by atoms with van der Waals surface area (Å²) in [5, 5.41) is 9.33. The van der Waals surface area contributed by atoms with Crippen molar-refractivity contribution in [2.75, 3.05) is 0 Å². The maximum atomic E-state index is 2.39. The Balaban J connectivity index is 1.07. The first kappa shape index (κ1) is 29.8. The topological polar surface area (TPSA) is 0 Å². The molecule has 238 valence electrons. The summed E-state index contributed by atoms with van der Waals surface area (Å²) in [6, 6.07) is 74.1. The second-order valence-corrected chi connectivity index (χ2v) is 15.6. The summed E-state index contributed by atoms with van der Waals surface area (Å²) >= 11 is 0. The van der Waals surface area contributed by atoms with Crippen LogP contribution in [0.25, 0.3) is 77.2 Å². The lowest BCUT2D eigenvalue weighted by molar-refractivity contribution is 1.63. The molecule has 51 heavy (non-hydrogen) atoms. The zero-order valence-electron chi connectivity index (χ0n) is 28.0. The van der Waals surface area contributed by atoms with Crippen LogP contribution < -0.4 is 15.9 Å². The van der Waals surface area contributed by atoms with E-state index in [-0.39, 0.29) is 0 Å². The Labute approximate surface area is 300 Å². The summed E-state index contributed by atoms with van der Waals surface area (Å²) in [5.74, 6) is 0. The van der Waals surface area contributed by atoms with Crippen molar-refractivity contribution in [1.29, 1.82) is 0 Å². The molecule has 9 aromatic rings. The van der Waals surface area contributed by atoms with Gasteiger partial charge in [0.05, 0.1) is 0 Å².